The van der Waals surface area contributed by atoms with Gasteiger partial charge in [0.25, 0.3) is 0 Å². The van der Waals surface area contributed by atoms with E-state index in [1.54, 1.807) is 6.08 Å². The van der Waals surface area contributed by atoms with Crippen molar-refractivity contribution in [3.05, 3.63) is 12.2 Å². The van der Waals surface area contributed by atoms with Crippen LogP contribution < -0.4 is 0 Å². The number of likely N-dealkylation sites (N-methyl/N-ethyl adjacent to an activating group) is 1. The number of alkyl halides is 1. The van der Waals surface area contributed by atoms with E-state index >= 15 is 0 Å². The zero-order valence-electron chi connectivity index (χ0n) is 8.74. The minimum absolute atomic E-state index is 0.160. The number of carbonyl (C=O) groups is 1. The average Bonchev–Trinajstić information content (AvgIpc) is 2.01. The summed E-state index contributed by atoms with van der Waals surface area (Å²) in [5.74, 6) is 0.884. The minimum Gasteiger partial charge on any atom is -0.338 e. The van der Waals surface area contributed by atoms with E-state index in [-0.39, 0.29) is 5.91 Å². The third-order valence-corrected chi connectivity index (χ3v) is 3.46. The van der Waals surface area contributed by atoms with Crippen molar-refractivity contribution in [3.8, 4) is 0 Å². The summed E-state index contributed by atoms with van der Waals surface area (Å²) in [5, 5.41) is 0. The zero-order chi connectivity index (χ0) is 10.6. The highest BCUT2D eigenvalue weighted by atomic mass is 127. The molecule has 0 saturated carbocycles. The largest absolute Gasteiger partial charge is 0.338 e. The van der Waals surface area contributed by atoms with Crippen LogP contribution in [0.25, 0.3) is 0 Å². The van der Waals surface area contributed by atoms with E-state index in [0.717, 1.165) is 30.0 Å². The molecule has 1 aliphatic rings. The molecular weight excluding hydrogens is 291 g/mol. The molecule has 0 aliphatic carbocycles. The molecule has 80 valence electrons. The Morgan fingerprint density at radius 1 is 1.57 bits per heavy atom. The van der Waals surface area contributed by atoms with E-state index in [2.05, 4.69) is 22.6 Å². The molecule has 4 heteroatoms. The topological polar surface area (TPSA) is 23.6 Å². The van der Waals surface area contributed by atoms with Gasteiger partial charge in [0.05, 0.1) is 0 Å². The van der Waals surface area contributed by atoms with Crippen LogP contribution in [0.1, 0.15) is 0 Å². The van der Waals surface area contributed by atoms with E-state index < -0.39 is 0 Å². The molecule has 0 unspecified atom stereocenters. The van der Waals surface area contributed by atoms with Crippen molar-refractivity contribution >= 4 is 28.5 Å². The standard InChI is InChI=1S/C10H17IN2O/c1-12(2)5-3-4-10(14)13-7-9(6-11)8-13/h3-4,9H,5-8H2,1-2H3/b4-3+. The molecule has 1 fully saturated rings. The second-order valence-electron chi connectivity index (χ2n) is 3.93. The lowest BCUT2D eigenvalue weighted by Crippen LogP contribution is -2.50. The van der Waals surface area contributed by atoms with Crippen LogP contribution in [0, 0.1) is 5.92 Å². The molecule has 0 radical (unpaired) electrons. The number of carbonyl (C=O) groups excluding carboxylic acids is 1. The first-order chi connectivity index (χ1) is 6.63. The van der Waals surface area contributed by atoms with Gasteiger partial charge in [-0.3, -0.25) is 4.79 Å². The van der Waals surface area contributed by atoms with Gasteiger partial charge in [-0.2, -0.15) is 0 Å². The molecule has 0 aromatic carbocycles. The fraction of sp³-hybridized carbons (Fsp3) is 0.700. The second-order valence-corrected chi connectivity index (χ2v) is 4.81. The third-order valence-electron chi connectivity index (χ3n) is 2.22. The Morgan fingerprint density at radius 3 is 2.71 bits per heavy atom. The number of hydrogen-bond acceptors (Lipinski definition) is 2. The van der Waals surface area contributed by atoms with Crippen molar-refractivity contribution in [1.82, 2.24) is 9.80 Å². The van der Waals surface area contributed by atoms with Gasteiger partial charge >= 0.3 is 0 Å². The van der Waals surface area contributed by atoms with Crippen LogP contribution in [0.15, 0.2) is 12.2 Å². The van der Waals surface area contributed by atoms with Gasteiger partial charge in [-0.1, -0.05) is 28.7 Å². The second kappa shape index (κ2) is 5.70. The average molecular weight is 308 g/mol. The lowest BCUT2D eigenvalue weighted by Gasteiger charge is -2.37. The molecule has 0 spiro atoms. The van der Waals surface area contributed by atoms with Crippen LogP contribution >= 0.6 is 22.6 Å². The summed E-state index contributed by atoms with van der Waals surface area (Å²) < 4.78 is 1.16. The van der Waals surface area contributed by atoms with Crippen LogP contribution in [0.3, 0.4) is 0 Å². The monoisotopic (exact) mass is 308 g/mol. The van der Waals surface area contributed by atoms with Crippen LogP contribution in [-0.2, 0) is 4.79 Å². The van der Waals surface area contributed by atoms with Gasteiger partial charge in [-0.15, -0.1) is 0 Å². The van der Waals surface area contributed by atoms with Gasteiger partial charge in [0.2, 0.25) is 5.91 Å². The Balaban J connectivity index is 2.20. The van der Waals surface area contributed by atoms with Crippen LogP contribution in [-0.4, -0.2) is 53.9 Å². The number of likely N-dealkylation sites (tertiary alicyclic amines) is 1. The molecule has 1 saturated heterocycles. The predicted molar refractivity (Wildman–Crippen MR) is 66.7 cm³/mol. The summed E-state index contributed by atoms with van der Waals surface area (Å²) in [6.07, 6.45) is 3.60. The Bertz CT molecular complexity index is 222. The quantitative estimate of drug-likeness (QED) is 0.439. The van der Waals surface area contributed by atoms with Gasteiger partial charge in [0.1, 0.15) is 0 Å². The van der Waals surface area contributed by atoms with Gasteiger partial charge in [-0.05, 0) is 14.1 Å². The molecule has 0 aromatic heterocycles. The highest BCUT2D eigenvalue weighted by molar-refractivity contribution is 14.1. The normalized spacial score (nSPS) is 17.9. The van der Waals surface area contributed by atoms with Crippen molar-refractivity contribution in [2.75, 3.05) is 38.2 Å². The lowest BCUT2D eigenvalue weighted by molar-refractivity contribution is -0.131. The van der Waals surface area contributed by atoms with Crippen molar-refractivity contribution in [2.24, 2.45) is 5.92 Å². The Kier molecular flexibility index (Phi) is 4.88. The van der Waals surface area contributed by atoms with E-state index in [1.807, 2.05) is 30.0 Å². The summed E-state index contributed by atoms with van der Waals surface area (Å²) >= 11 is 2.37. The molecule has 0 atom stereocenters. The lowest BCUT2D eigenvalue weighted by atomic mass is 10.0. The molecule has 1 rings (SSSR count). The summed E-state index contributed by atoms with van der Waals surface area (Å²) in [4.78, 5) is 15.4. The molecule has 0 aromatic rings. The highest BCUT2D eigenvalue weighted by Gasteiger charge is 2.27. The fourth-order valence-corrected chi connectivity index (χ4v) is 1.87. The zero-order valence-corrected chi connectivity index (χ0v) is 10.9. The predicted octanol–water partition coefficient (Wildman–Crippen LogP) is 0.998. The maximum Gasteiger partial charge on any atom is 0.246 e. The minimum atomic E-state index is 0.160. The Labute approximate surface area is 99.3 Å². The van der Waals surface area contributed by atoms with E-state index in [4.69, 9.17) is 0 Å². The summed E-state index contributed by atoms with van der Waals surface area (Å²) in [6, 6.07) is 0. The van der Waals surface area contributed by atoms with Crippen LogP contribution in [0.5, 0.6) is 0 Å². The summed E-state index contributed by atoms with van der Waals surface area (Å²) in [6.45, 7) is 2.71. The van der Waals surface area contributed by atoms with Crippen molar-refractivity contribution in [2.45, 2.75) is 0 Å². The summed E-state index contributed by atoms with van der Waals surface area (Å²) in [5.41, 5.74) is 0. The summed E-state index contributed by atoms with van der Waals surface area (Å²) in [7, 11) is 3.98. The number of nitrogens with zero attached hydrogens (tertiary/aromatic N) is 2. The Morgan fingerprint density at radius 2 is 2.21 bits per heavy atom. The molecular formula is C10H17IN2O. The van der Waals surface area contributed by atoms with Crippen molar-refractivity contribution in [1.29, 1.82) is 0 Å². The molecule has 1 amide bonds. The highest BCUT2D eigenvalue weighted by Crippen LogP contribution is 2.17. The molecule has 0 bridgehead atoms. The number of halogens is 1. The van der Waals surface area contributed by atoms with Gasteiger partial charge in [-0.25, -0.2) is 0 Å². The van der Waals surface area contributed by atoms with E-state index in [0.29, 0.717) is 0 Å². The number of amides is 1. The van der Waals surface area contributed by atoms with Crippen molar-refractivity contribution < 1.29 is 4.79 Å². The first kappa shape index (κ1) is 12.0. The van der Waals surface area contributed by atoms with Crippen LogP contribution in [0.2, 0.25) is 0 Å². The van der Waals surface area contributed by atoms with Crippen LogP contribution in [0.4, 0.5) is 0 Å². The number of hydrogen-bond donors (Lipinski definition) is 0. The Hall–Kier alpha value is -0.100. The molecule has 14 heavy (non-hydrogen) atoms. The fourth-order valence-electron chi connectivity index (χ4n) is 1.32. The SMILES string of the molecule is CN(C)C/C=C/C(=O)N1CC(CI)C1. The third kappa shape index (κ3) is 3.57. The molecule has 1 heterocycles. The maximum absolute atomic E-state index is 11.5. The first-order valence-corrected chi connectivity index (χ1v) is 6.32. The molecule has 1 aliphatic heterocycles. The van der Waals surface area contributed by atoms with E-state index in [1.165, 1.54) is 0 Å². The van der Waals surface area contributed by atoms with Gasteiger partial charge in [0, 0.05) is 36.1 Å². The van der Waals surface area contributed by atoms with E-state index in [9.17, 15) is 4.79 Å². The molecule has 0 N–H and O–H groups in total. The maximum atomic E-state index is 11.5. The van der Waals surface area contributed by atoms with Gasteiger partial charge < -0.3 is 9.80 Å². The first-order valence-electron chi connectivity index (χ1n) is 4.79. The van der Waals surface area contributed by atoms with Gasteiger partial charge in [0.15, 0.2) is 0 Å². The molecule has 3 nitrogen and oxygen atoms in total. The van der Waals surface area contributed by atoms with Crippen molar-refractivity contribution in [3.63, 3.8) is 0 Å². The number of rotatable bonds is 4. The smallest absolute Gasteiger partial charge is 0.246 e.